The second kappa shape index (κ2) is 7.64. The van der Waals surface area contributed by atoms with Gasteiger partial charge in [0.05, 0.1) is 10.6 Å². The van der Waals surface area contributed by atoms with Gasteiger partial charge in [-0.05, 0) is 41.4 Å². The highest BCUT2D eigenvalue weighted by molar-refractivity contribution is 6.63. The zero-order valence-corrected chi connectivity index (χ0v) is 16.5. The van der Waals surface area contributed by atoms with Crippen molar-refractivity contribution in [2.24, 2.45) is 5.92 Å². The van der Waals surface area contributed by atoms with E-state index in [1.54, 1.807) is 30.3 Å². The summed E-state index contributed by atoms with van der Waals surface area (Å²) in [6.45, 7) is 0. The maximum absolute atomic E-state index is 12.1. The molecule has 1 heterocycles. The van der Waals surface area contributed by atoms with Crippen LogP contribution in [0.1, 0.15) is 12.0 Å². The van der Waals surface area contributed by atoms with Gasteiger partial charge in [0.2, 0.25) is 5.24 Å². The molecule has 0 spiro atoms. The second-order valence-corrected chi connectivity index (χ2v) is 7.76. The van der Waals surface area contributed by atoms with Gasteiger partial charge in [0, 0.05) is 22.4 Å². The molecule has 10 heteroatoms. The predicted octanol–water partition coefficient (Wildman–Crippen LogP) is 3.47. The Labute approximate surface area is 173 Å². The Balaban J connectivity index is 2.20. The van der Waals surface area contributed by atoms with Crippen LogP contribution in [-0.4, -0.2) is 20.0 Å². The van der Waals surface area contributed by atoms with Crippen molar-refractivity contribution in [3.05, 3.63) is 79.1 Å². The summed E-state index contributed by atoms with van der Waals surface area (Å²) in [5, 5.41) is 3.92. The Hall–Kier alpha value is -1.86. The van der Waals surface area contributed by atoms with Crippen molar-refractivity contribution in [3.63, 3.8) is 0 Å². The van der Waals surface area contributed by atoms with E-state index in [-0.39, 0.29) is 17.2 Å². The number of nitrogens with zero attached hydrogens (tertiary/aromatic N) is 2. The van der Waals surface area contributed by atoms with E-state index in [1.807, 2.05) is 0 Å². The molecule has 0 aliphatic heterocycles. The molecule has 2 unspecified atom stereocenters. The average Bonchev–Trinajstić information content (AvgIpc) is 2.58. The highest BCUT2D eigenvalue weighted by Gasteiger charge is 2.42. The van der Waals surface area contributed by atoms with Crippen LogP contribution in [0.5, 0.6) is 0 Å². The molecule has 3 rings (SSSR count). The van der Waals surface area contributed by atoms with Gasteiger partial charge < -0.3 is 0 Å². The largest absolute Gasteiger partial charge is 0.349 e. The van der Waals surface area contributed by atoms with Crippen LogP contribution in [0.3, 0.4) is 0 Å². The third-order valence-corrected chi connectivity index (χ3v) is 5.46. The molecular weight excluding hydrogens is 436 g/mol. The van der Waals surface area contributed by atoms with Crippen molar-refractivity contribution in [3.8, 4) is 0 Å². The summed E-state index contributed by atoms with van der Waals surface area (Å²) >= 11 is 24.8. The summed E-state index contributed by atoms with van der Waals surface area (Å²) in [7, 11) is 0. The number of carbonyl (C=O) groups is 1. The van der Waals surface area contributed by atoms with Crippen LogP contribution in [0.4, 0.5) is 0 Å². The van der Waals surface area contributed by atoms with Gasteiger partial charge in [-0.2, -0.15) is 9.78 Å². The van der Waals surface area contributed by atoms with Gasteiger partial charge in [0.1, 0.15) is 6.20 Å². The van der Waals surface area contributed by atoms with E-state index in [0.717, 1.165) is 10.9 Å². The Bertz CT molecular complexity index is 1070. The quantitative estimate of drug-likeness (QED) is 0.575. The lowest BCUT2D eigenvalue weighted by Crippen LogP contribution is -2.36. The van der Waals surface area contributed by atoms with Crippen LogP contribution < -0.4 is 11.2 Å². The van der Waals surface area contributed by atoms with E-state index in [0.29, 0.717) is 10.6 Å². The smallest absolute Gasteiger partial charge is 0.281 e. The van der Waals surface area contributed by atoms with Crippen LogP contribution in [0.25, 0.3) is 5.70 Å². The van der Waals surface area contributed by atoms with Crippen LogP contribution in [0, 0.1) is 5.92 Å². The molecule has 27 heavy (non-hydrogen) atoms. The van der Waals surface area contributed by atoms with E-state index in [1.165, 1.54) is 6.08 Å². The van der Waals surface area contributed by atoms with Gasteiger partial charge in [-0.15, -0.1) is 11.6 Å². The van der Waals surface area contributed by atoms with Crippen LogP contribution in [0.2, 0.25) is 5.02 Å². The number of rotatable bonds is 4. The summed E-state index contributed by atoms with van der Waals surface area (Å²) in [5.74, 6) is -0.672. The number of aromatic amines is 1. The highest BCUT2D eigenvalue weighted by atomic mass is 35.5. The van der Waals surface area contributed by atoms with E-state index < -0.39 is 27.3 Å². The number of benzene rings is 1. The molecule has 0 radical (unpaired) electrons. The lowest BCUT2D eigenvalue weighted by Gasteiger charge is -2.36. The molecule has 2 aromatic rings. The molecule has 140 valence electrons. The summed E-state index contributed by atoms with van der Waals surface area (Å²) in [4.78, 5) is 35.7. The summed E-state index contributed by atoms with van der Waals surface area (Å²) in [5.41, 5.74) is -0.554. The summed E-state index contributed by atoms with van der Waals surface area (Å²) in [6, 6.07) is 6.66. The van der Waals surface area contributed by atoms with Gasteiger partial charge >= 0.3 is 5.69 Å². The number of allylic oxidation sites excluding steroid dienone is 4. The van der Waals surface area contributed by atoms with E-state index in [4.69, 9.17) is 46.4 Å². The number of aromatic nitrogens is 3. The maximum Gasteiger partial charge on any atom is 0.349 e. The molecule has 0 bridgehead atoms. The SMILES string of the molecule is O=C(Cl)CC1C(Cl)=CC(n2ncc(=O)[nH]c2=O)=CC1(Cl)c1ccc(Cl)cc1. The van der Waals surface area contributed by atoms with Gasteiger partial charge in [0.25, 0.3) is 5.56 Å². The first-order valence-electron chi connectivity index (χ1n) is 7.63. The van der Waals surface area contributed by atoms with Crippen molar-refractivity contribution in [2.45, 2.75) is 11.3 Å². The van der Waals surface area contributed by atoms with E-state index in [9.17, 15) is 14.4 Å². The third-order valence-electron chi connectivity index (χ3n) is 4.09. The molecule has 0 saturated carbocycles. The van der Waals surface area contributed by atoms with Crippen molar-refractivity contribution in [1.82, 2.24) is 14.8 Å². The van der Waals surface area contributed by atoms with Crippen molar-refractivity contribution < 1.29 is 4.79 Å². The van der Waals surface area contributed by atoms with Crippen LogP contribution in [0.15, 0.2) is 57.2 Å². The number of carbonyl (C=O) groups excluding carboxylic acids is 1. The fourth-order valence-corrected chi connectivity index (χ4v) is 3.99. The van der Waals surface area contributed by atoms with Crippen molar-refractivity contribution >= 4 is 57.3 Å². The van der Waals surface area contributed by atoms with E-state index >= 15 is 0 Å². The van der Waals surface area contributed by atoms with Gasteiger partial charge in [-0.1, -0.05) is 35.3 Å². The molecule has 2 atom stereocenters. The zero-order valence-electron chi connectivity index (χ0n) is 13.5. The lowest BCUT2D eigenvalue weighted by molar-refractivity contribution is -0.112. The third kappa shape index (κ3) is 4.04. The number of halogens is 4. The molecular formula is C17H11Cl4N3O3. The van der Waals surface area contributed by atoms with Crippen molar-refractivity contribution in [1.29, 1.82) is 0 Å². The normalized spacial score (nSPS) is 22.1. The average molecular weight is 447 g/mol. The van der Waals surface area contributed by atoms with Crippen LogP contribution >= 0.6 is 46.4 Å². The topological polar surface area (TPSA) is 84.8 Å². The molecule has 1 aromatic carbocycles. The Morgan fingerprint density at radius 1 is 1.22 bits per heavy atom. The predicted molar refractivity (Wildman–Crippen MR) is 105 cm³/mol. The van der Waals surface area contributed by atoms with E-state index in [2.05, 4.69) is 10.1 Å². The Kier molecular flexibility index (Phi) is 5.63. The first-order valence-corrected chi connectivity index (χ1v) is 9.14. The number of hydrogen-bond acceptors (Lipinski definition) is 4. The number of nitrogens with one attached hydrogen (secondary N) is 1. The van der Waals surface area contributed by atoms with Crippen LogP contribution in [-0.2, 0) is 9.67 Å². The first kappa shape index (κ1) is 19.9. The second-order valence-electron chi connectivity index (χ2n) is 5.84. The van der Waals surface area contributed by atoms with Gasteiger partial charge in [0.15, 0.2) is 0 Å². The summed E-state index contributed by atoms with van der Waals surface area (Å²) in [6.07, 6.45) is 3.83. The standard InChI is InChI=1S/C17H11Cl4N3O3/c18-10-3-1-9(2-4-10)17(21)7-11(5-13(19)12(17)6-14(20)25)24-16(27)23-15(26)8-22-24/h1-5,7-8,12H,6H2,(H,23,26,27). The molecule has 1 aliphatic rings. The minimum Gasteiger partial charge on any atom is -0.281 e. The summed E-state index contributed by atoms with van der Waals surface area (Å²) < 4.78 is 0.954. The molecule has 0 amide bonds. The molecule has 1 aromatic heterocycles. The van der Waals surface area contributed by atoms with Gasteiger partial charge in [-0.3, -0.25) is 14.6 Å². The number of hydrogen-bond donors (Lipinski definition) is 1. The first-order chi connectivity index (χ1) is 12.7. The number of alkyl halides is 1. The minimum atomic E-state index is -1.30. The molecule has 0 saturated heterocycles. The maximum atomic E-state index is 12.1. The number of H-pyrrole nitrogens is 1. The minimum absolute atomic E-state index is 0.124. The van der Waals surface area contributed by atoms with Gasteiger partial charge in [-0.25, -0.2) is 4.79 Å². The fraction of sp³-hybridized carbons (Fsp3) is 0.176. The van der Waals surface area contributed by atoms with Crippen molar-refractivity contribution in [2.75, 3.05) is 0 Å². The fourth-order valence-electron chi connectivity index (χ4n) is 2.86. The zero-order chi connectivity index (χ0) is 19.8. The highest BCUT2D eigenvalue weighted by Crippen LogP contribution is 2.49. The Morgan fingerprint density at radius 3 is 2.48 bits per heavy atom. The molecule has 0 fully saturated rings. The monoisotopic (exact) mass is 445 g/mol. The lowest BCUT2D eigenvalue weighted by atomic mass is 9.79. The molecule has 1 N–H and O–H groups in total. The molecule has 1 aliphatic carbocycles. The molecule has 6 nitrogen and oxygen atoms in total. The Morgan fingerprint density at radius 2 is 1.89 bits per heavy atom.